The molecule has 0 amide bonds. The SMILES string of the molecule is CC1CC1NS(=O)(=O)Cc1cccc(C(N)=S)c1. The molecule has 0 aromatic heterocycles. The fraction of sp³-hybridized carbons (Fsp3) is 0.417. The Hall–Kier alpha value is -0.980. The molecule has 1 saturated carbocycles. The van der Waals surface area contributed by atoms with Crippen LogP contribution in [0.25, 0.3) is 0 Å². The van der Waals surface area contributed by atoms with Crippen molar-refractivity contribution in [2.75, 3.05) is 0 Å². The summed E-state index contributed by atoms with van der Waals surface area (Å²) in [4.78, 5) is 0.276. The standard InChI is InChI=1S/C12H16N2O2S2/c1-8-5-11(8)14-18(15,16)7-9-3-2-4-10(6-9)12(13)17/h2-4,6,8,11,14H,5,7H2,1H3,(H2,13,17). The molecule has 1 aliphatic carbocycles. The van der Waals surface area contributed by atoms with Crippen molar-refractivity contribution in [1.82, 2.24) is 4.72 Å². The van der Waals surface area contributed by atoms with E-state index in [1.165, 1.54) is 0 Å². The summed E-state index contributed by atoms with van der Waals surface area (Å²) in [6, 6.07) is 7.12. The summed E-state index contributed by atoms with van der Waals surface area (Å²) in [5.41, 5.74) is 6.91. The van der Waals surface area contributed by atoms with Gasteiger partial charge in [-0.05, 0) is 24.0 Å². The Balaban J connectivity index is 2.08. The van der Waals surface area contributed by atoms with Crippen LogP contribution in [-0.4, -0.2) is 19.4 Å². The molecule has 2 unspecified atom stereocenters. The van der Waals surface area contributed by atoms with Gasteiger partial charge in [0.1, 0.15) is 4.99 Å². The number of nitrogens with one attached hydrogen (secondary N) is 1. The first-order chi connectivity index (χ1) is 8.37. The van der Waals surface area contributed by atoms with E-state index in [1.54, 1.807) is 24.3 Å². The van der Waals surface area contributed by atoms with Crippen molar-refractivity contribution in [2.45, 2.75) is 25.1 Å². The molecule has 0 radical (unpaired) electrons. The summed E-state index contributed by atoms with van der Waals surface area (Å²) in [5.74, 6) is 0.412. The van der Waals surface area contributed by atoms with Crippen LogP contribution < -0.4 is 10.5 Å². The van der Waals surface area contributed by atoms with E-state index < -0.39 is 10.0 Å². The van der Waals surface area contributed by atoms with E-state index >= 15 is 0 Å². The topological polar surface area (TPSA) is 72.2 Å². The number of rotatable bonds is 5. The maximum absolute atomic E-state index is 11.9. The third-order valence-corrected chi connectivity index (χ3v) is 4.62. The monoisotopic (exact) mass is 284 g/mol. The van der Waals surface area contributed by atoms with Crippen LogP contribution in [0.5, 0.6) is 0 Å². The molecule has 0 saturated heterocycles. The van der Waals surface area contributed by atoms with Crippen molar-refractivity contribution in [3.63, 3.8) is 0 Å². The van der Waals surface area contributed by atoms with Gasteiger partial charge in [-0.25, -0.2) is 13.1 Å². The fourth-order valence-corrected chi connectivity index (χ4v) is 3.41. The normalized spacial score (nSPS) is 22.7. The van der Waals surface area contributed by atoms with Crippen LogP contribution in [0.15, 0.2) is 24.3 Å². The molecule has 1 aromatic carbocycles. The zero-order valence-corrected chi connectivity index (χ0v) is 11.7. The summed E-state index contributed by atoms with van der Waals surface area (Å²) in [7, 11) is -3.28. The van der Waals surface area contributed by atoms with Crippen molar-refractivity contribution < 1.29 is 8.42 Å². The van der Waals surface area contributed by atoms with Crippen molar-refractivity contribution in [1.29, 1.82) is 0 Å². The lowest BCUT2D eigenvalue weighted by molar-refractivity contribution is 0.577. The predicted molar refractivity (Wildman–Crippen MR) is 75.7 cm³/mol. The average molecular weight is 284 g/mol. The Morgan fingerprint density at radius 1 is 1.56 bits per heavy atom. The van der Waals surface area contributed by atoms with Gasteiger partial charge in [0.15, 0.2) is 0 Å². The molecular formula is C12H16N2O2S2. The summed E-state index contributed by atoms with van der Waals surface area (Å²) < 4.78 is 26.5. The first kappa shape index (κ1) is 13.5. The van der Waals surface area contributed by atoms with E-state index in [0.29, 0.717) is 17.0 Å². The predicted octanol–water partition coefficient (Wildman–Crippen LogP) is 1.15. The largest absolute Gasteiger partial charge is 0.389 e. The molecule has 98 valence electrons. The molecule has 18 heavy (non-hydrogen) atoms. The fourth-order valence-electron chi connectivity index (χ4n) is 1.79. The molecule has 2 atom stereocenters. The maximum atomic E-state index is 11.9. The average Bonchev–Trinajstić information content (AvgIpc) is 2.92. The van der Waals surface area contributed by atoms with E-state index in [9.17, 15) is 8.42 Å². The molecule has 1 aromatic rings. The first-order valence-corrected chi connectivity index (χ1v) is 7.82. The Morgan fingerprint density at radius 2 is 2.22 bits per heavy atom. The Morgan fingerprint density at radius 3 is 2.78 bits per heavy atom. The van der Waals surface area contributed by atoms with Crippen LogP contribution in [0.4, 0.5) is 0 Å². The van der Waals surface area contributed by atoms with Crippen molar-refractivity contribution >= 4 is 27.2 Å². The van der Waals surface area contributed by atoms with Gasteiger partial charge in [-0.3, -0.25) is 0 Å². The number of hydrogen-bond donors (Lipinski definition) is 2. The highest BCUT2D eigenvalue weighted by molar-refractivity contribution is 7.88. The molecule has 1 aliphatic rings. The molecule has 0 heterocycles. The summed E-state index contributed by atoms with van der Waals surface area (Å²) in [5, 5.41) is 0. The molecule has 1 fully saturated rings. The third-order valence-electron chi connectivity index (χ3n) is 3.01. The minimum atomic E-state index is -3.28. The van der Waals surface area contributed by atoms with Crippen LogP contribution in [0, 0.1) is 5.92 Å². The minimum Gasteiger partial charge on any atom is -0.389 e. The molecule has 6 heteroatoms. The van der Waals surface area contributed by atoms with Crippen LogP contribution in [0.3, 0.4) is 0 Å². The number of hydrogen-bond acceptors (Lipinski definition) is 3. The summed E-state index contributed by atoms with van der Waals surface area (Å²) in [6.07, 6.45) is 0.923. The molecule has 4 nitrogen and oxygen atoms in total. The number of thiocarbonyl (C=S) groups is 1. The van der Waals surface area contributed by atoms with E-state index in [-0.39, 0.29) is 16.8 Å². The highest BCUT2D eigenvalue weighted by Gasteiger charge is 2.35. The Labute approximate surface area is 113 Å². The second-order valence-corrected chi connectivity index (χ2v) is 6.95. The quantitative estimate of drug-likeness (QED) is 0.796. The van der Waals surface area contributed by atoms with E-state index in [2.05, 4.69) is 4.72 Å². The number of nitrogens with two attached hydrogens (primary N) is 1. The van der Waals surface area contributed by atoms with Gasteiger partial charge >= 0.3 is 0 Å². The van der Waals surface area contributed by atoms with E-state index in [1.807, 2.05) is 6.92 Å². The van der Waals surface area contributed by atoms with Gasteiger partial charge in [0.25, 0.3) is 0 Å². The number of sulfonamides is 1. The van der Waals surface area contributed by atoms with Crippen LogP contribution in [0.1, 0.15) is 24.5 Å². The lowest BCUT2D eigenvalue weighted by atomic mass is 10.1. The van der Waals surface area contributed by atoms with Crippen LogP contribution in [-0.2, 0) is 15.8 Å². The minimum absolute atomic E-state index is 0.0350. The molecule has 0 spiro atoms. The second-order valence-electron chi connectivity index (χ2n) is 4.76. The van der Waals surface area contributed by atoms with Crippen LogP contribution in [0.2, 0.25) is 0 Å². The molecule has 3 N–H and O–H groups in total. The summed E-state index contributed by atoms with van der Waals surface area (Å²) >= 11 is 4.87. The Kier molecular flexibility index (Phi) is 3.70. The van der Waals surface area contributed by atoms with Crippen molar-refractivity contribution in [2.24, 2.45) is 11.7 Å². The van der Waals surface area contributed by atoms with Gasteiger partial charge in [-0.2, -0.15) is 0 Å². The van der Waals surface area contributed by atoms with Gasteiger partial charge in [-0.1, -0.05) is 37.3 Å². The first-order valence-electron chi connectivity index (χ1n) is 5.76. The Bertz CT molecular complexity index is 569. The lowest BCUT2D eigenvalue weighted by Gasteiger charge is -2.07. The van der Waals surface area contributed by atoms with Gasteiger partial charge in [0.05, 0.1) is 5.75 Å². The number of benzene rings is 1. The lowest BCUT2D eigenvalue weighted by Crippen LogP contribution is -2.28. The zero-order chi connectivity index (χ0) is 13.3. The van der Waals surface area contributed by atoms with Gasteiger partial charge in [-0.15, -0.1) is 0 Å². The highest BCUT2D eigenvalue weighted by atomic mass is 32.2. The summed E-state index contributed by atoms with van der Waals surface area (Å²) in [6.45, 7) is 2.03. The van der Waals surface area contributed by atoms with Gasteiger partial charge < -0.3 is 5.73 Å². The molecule has 2 rings (SSSR count). The second kappa shape index (κ2) is 4.95. The van der Waals surface area contributed by atoms with Gasteiger partial charge in [0, 0.05) is 11.6 Å². The van der Waals surface area contributed by atoms with Crippen molar-refractivity contribution in [3.05, 3.63) is 35.4 Å². The highest BCUT2D eigenvalue weighted by Crippen LogP contribution is 2.30. The van der Waals surface area contributed by atoms with E-state index in [4.69, 9.17) is 18.0 Å². The smallest absolute Gasteiger partial charge is 0.216 e. The van der Waals surface area contributed by atoms with Gasteiger partial charge in [0.2, 0.25) is 10.0 Å². The molecule has 0 aliphatic heterocycles. The van der Waals surface area contributed by atoms with Crippen LogP contribution >= 0.6 is 12.2 Å². The van der Waals surface area contributed by atoms with Crippen molar-refractivity contribution in [3.8, 4) is 0 Å². The maximum Gasteiger partial charge on any atom is 0.216 e. The third kappa shape index (κ3) is 3.51. The van der Waals surface area contributed by atoms with E-state index in [0.717, 1.165) is 6.42 Å². The zero-order valence-electron chi connectivity index (χ0n) is 10.1. The molecular weight excluding hydrogens is 268 g/mol. The molecule has 0 bridgehead atoms.